The average molecular weight is 261 g/mol. The molecule has 1 heterocycles. The van der Waals surface area contributed by atoms with E-state index in [1.165, 1.54) is 6.26 Å². The predicted molar refractivity (Wildman–Crippen MR) is 64.9 cm³/mol. The van der Waals surface area contributed by atoms with E-state index in [9.17, 15) is 8.42 Å². The third-order valence-corrected chi connectivity index (χ3v) is 4.11. The van der Waals surface area contributed by atoms with Gasteiger partial charge in [0.2, 0.25) is 10.0 Å². The molecule has 0 bridgehead atoms. The number of hydrogen-bond acceptors (Lipinski definition) is 5. The Hall–Kier alpha value is -0.920. The van der Waals surface area contributed by atoms with E-state index >= 15 is 0 Å². The average Bonchev–Trinajstić information content (AvgIpc) is 2.79. The highest BCUT2D eigenvalue weighted by Gasteiger charge is 2.19. The van der Waals surface area contributed by atoms with Gasteiger partial charge in [0, 0.05) is 12.6 Å². The van der Waals surface area contributed by atoms with E-state index in [4.69, 9.17) is 0 Å². The molecule has 1 aromatic rings. The lowest BCUT2D eigenvalue weighted by Gasteiger charge is -2.13. The summed E-state index contributed by atoms with van der Waals surface area (Å²) < 4.78 is 30.7. The van der Waals surface area contributed by atoms with E-state index in [0.29, 0.717) is 12.2 Å². The van der Waals surface area contributed by atoms with Crippen molar-refractivity contribution in [2.45, 2.75) is 32.1 Å². The minimum atomic E-state index is -3.31. The summed E-state index contributed by atoms with van der Waals surface area (Å²) in [5.74, 6) is 0. The third-order valence-electron chi connectivity index (χ3n) is 2.33. The van der Waals surface area contributed by atoms with E-state index in [1.807, 2.05) is 6.92 Å². The van der Waals surface area contributed by atoms with Crippen molar-refractivity contribution >= 4 is 10.0 Å². The van der Waals surface area contributed by atoms with Crippen molar-refractivity contribution in [1.82, 2.24) is 15.2 Å². The van der Waals surface area contributed by atoms with Crippen LogP contribution < -0.4 is 10.0 Å². The molecule has 1 aromatic heterocycles. The van der Waals surface area contributed by atoms with Gasteiger partial charge in [-0.2, -0.15) is 0 Å². The molecule has 0 aromatic carbocycles. The summed E-state index contributed by atoms with van der Waals surface area (Å²) in [6, 6.07) is 1.63. The zero-order valence-corrected chi connectivity index (χ0v) is 11.0. The van der Waals surface area contributed by atoms with Crippen molar-refractivity contribution in [2.24, 2.45) is 0 Å². The fourth-order valence-corrected chi connectivity index (χ4v) is 2.21. The topological polar surface area (TPSA) is 84.2 Å². The molecule has 98 valence electrons. The lowest BCUT2D eigenvalue weighted by Crippen LogP contribution is -2.38. The van der Waals surface area contributed by atoms with Gasteiger partial charge in [0.15, 0.2) is 0 Å². The summed E-state index contributed by atoms with van der Waals surface area (Å²) in [5.41, 5.74) is 0.572. The van der Waals surface area contributed by atoms with E-state index in [2.05, 4.69) is 19.7 Å². The third kappa shape index (κ3) is 4.84. The molecule has 1 unspecified atom stereocenters. The fourth-order valence-electron chi connectivity index (χ4n) is 1.24. The standard InChI is InChI=1S/C10H19N3O3S/c1-3-5-11-7-9(2)17(14,15)12-8-10-4-6-16-13-10/h4,6,9,11-12H,3,5,7-8H2,1-2H3. The van der Waals surface area contributed by atoms with Crippen LogP contribution in [0, 0.1) is 0 Å². The molecular weight excluding hydrogens is 242 g/mol. The molecular formula is C10H19N3O3S. The number of rotatable bonds is 8. The largest absolute Gasteiger partial charge is 0.364 e. The molecule has 0 spiro atoms. The van der Waals surface area contributed by atoms with Crippen LogP contribution in [0.3, 0.4) is 0 Å². The van der Waals surface area contributed by atoms with Crippen LogP contribution in [0.1, 0.15) is 26.0 Å². The molecule has 1 atom stereocenters. The van der Waals surface area contributed by atoms with Crippen LogP contribution in [0.25, 0.3) is 0 Å². The van der Waals surface area contributed by atoms with Gasteiger partial charge in [-0.25, -0.2) is 13.1 Å². The summed E-state index contributed by atoms with van der Waals surface area (Å²) in [6.07, 6.45) is 2.40. The summed E-state index contributed by atoms with van der Waals surface area (Å²) in [5, 5.41) is 6.25. The minimum absolute atomic E-state index is 0.164. The van der Waals surface area contributed by atoms with Gasteiger partial charge in [0.25, 0.3) is 0 Å². The van der Waals surface area contributed by atoms with Crippen molar-refractivity contribution in [1.29, 1.82) is 0 Å². The second kappa shape index (κ2) is 6.73. The first-order chi connectivity index (χ1) is 8.06. The van der Waals surface area contributed by atoms with Crippen LogP contribution in [0.5, 0.6) is 0 Å². The molecule has 0 aliphatic heterocycles. The highest BCUT2D eigenvalue weighted by atomic mass is 32.2. The summed E-state index contributed by atoms with van der Waals surface area (Å²) in [4.78, 5) is 0. The van der Waals surface area contributed by atoms with Gasteiger partial charge in [-0.05, 0) is 19.9 Å². The molecule has 0 fully saturated rings. The lowest BCUT2D eigenvalue weighted by atomic mass is 10.4. The van der Waals surface area contributed by atoms with E-state index in [-0.39, 0.29) is 6.54 Å². The van der Waals surface area contributed by atoms with Crippen LogP contribution in [0.4, 0.5) is 0 Å². The molecule has 0 saturated heterocycles. The molecule has 0 saturated carbocycles. The van der Waals surface area contributed by atoms with Gasteiger partial charge in [-0.1, -0.05) is 12.1 Å². The monoisotopic (exact) mass is 261 g/mol. The number of aromatic nitrogens is 1. The first-order valence-electron chi connectivity index (χ1n) is 5.64. The van der Waals surface area contributed by atoms with Gasteiger partial charge in [-0.15, -0.1) is 0 Å². The zero-order valence-electron chi connectivity index (χ0n) is 10.1. The van der Waals surface area contributed by atoms with Gasteiger partial charge >= 0.3 is 0 Å². The van der Waals surface area contributed by atoms with Crippen molar-refractivity contribution in [3.8, 4) is 0 Å². The van der Waals surface area contributed by atoms with Crippen molar-refractivity contribution in [3.63, 3.8) is 0 Å². The SMILES string of the molecule is CCCNCC(C)S(=O)(=O)NCc1ccon1. The maximum atomic E-state index is 11.8. The second-order valence-corrected chi connectivity index (χ2v) is 6.06. The predicted octanol–water partition coefficient (Wildman–Crippen LogP) is 0.482. The van der Waals surface area contributed by atoms with Crippen LogP contribution in [0.15, 0.2) is 16.9 Å². The maximum absolute atomic E-state index is 11.8. The maximum Gasteiger partial charge on any atom is 0.215 e. The van der Waals surface area contributed by atoms with E-state index in [1.54, 1.807) is 13.0 Å². The summed E-state index contributed by atoms with van der Waals surface area (Å²) >= 11 is 0. The first-order valence-corrected chi connectivity index (χ1v) is 7.19. The van der Waals surface area contributed by atoms with Crippen LogP contribution >= 0.6 is 0 Å². The van der Waals surface area contributed by atoms with Gasteiger partial charge in [-0.3, -0.25) is 0 Å². The Labute approximate surface area is 102 Å². The van der Waals surface area contributed by atoms with Crippen LogP contribution in [-0.2, 0) is 16.6 Å². The molecule has 0 aliphatic carbocycles. The van der Waals surface area contributed by atoms with E-state index in [0.717, 1.165) is 13.0 Å². The highest BCUT2D eigenvalue weighted by molar-refractivity contribution is 7.90. The molecule has 6 nitrogen and oxygen atoms in total. The Bertz CT molecular complexity index is 402. The Kier molecular flexibility index (Phi) is 5.60. The fraction of sp³-hybridized carbons (Fsp3) is 0.700. The summed E-state index contributed by atoms with van der Waals surface area (Å²) in [7, 11) is -3.31. The number of nitrogens with zero attached hydrogens (tertiary/aromatic N) is 1. The Morgan fingerprint density at radius 2 is 2.29 bits per heavy atom. The first kappa shape index (κ1) is 14.1. The van der Waals surface area contributed by atoms with Crippen molar-refractivity contribution < 1.29 is 12.9 Å². The van der Waals surface area contributed by atoms with E-state index < -0.39 is 15.3 Å². The minimum Gasteiger partial charge on any atom is -0.364 e. The molecule has 0 aliphatic rings. The number of sulfonamides is 1. The Morgan fingerprint density at radius 3 is 2.88 bits per heavy atom. The molecule has 0 amide bonds. The van der Waals surface area contributed by atoms with Crippen LogP contribution in [-0.4, -0.2) is 31.9 Å². The molecule has 7 heteroatoms. The van der Waals surface area contributed by atoms with Gasteiger partial charge < -0.3 is 9.84 Å². The van der Waals surface area contributed by atoms with Crippen molar-refractivity contribution in [2.75, 3.05) is 13.1 Å². The normalized spacial score (nSPS) is 13.8. The summed E-state index contributed by atoms with van der Waals surface area (Å²) in [6.45, 7) is 5.14. The van der Waals surface area contributed by atoms with Crippen LogP contribution in [0.2, 0.25) is 0 Å². The molecule has 17 heavy (non-hydrogen) atoms. The highest BCUT2D eigenvalue weighted by Crippen LogP contribution is 2.00. The number of nitrogens with one attached hydrogen (secondary N) is 2. The zero-order chi connectivity index (χ0) is 12.7. The molecule has 0 radical (unpaired) electrons. The quantitative estimate of drug-likeness (QED) is 0.665. The second-order valence-electron chi connectivity index (χ2n) is 3.87. The van der Waals surface area contributed by atoms with Gasteiger partial charge in [0.1, 0.15) is 6.26 Å². The lowest BCUT2D eigenvalue weighted by molar-refractivity contribution is 0.410. The smallest absolute Gasteiger partial charge is 0.215 e. The van der Waals surface area contributed by atoms with Crippen molar-refractivity contribution in [3.05, 3.63) is 18.0 Å². The molecule has 1 rings (SSSR count). The number of hydrogen-bond donors (Lipinski definition) is 2. The van der Waals surface area contributed by atoms with Gasteiger partial charge in [0.05, 0.1) is 17.5 Å². The Balaban J connectivity index is 2.39. The molecule has 2 N–H and O–H groups in total. The Morgan fingerprint density at radius 1 is 1.53 bits per heavy atom.